The van der Waals surface area contributed by atoms with Crippen LogP contribution in [0.3, 0.4) is 0 Å². The lowest BCUT2D eigenvalue weighted by Crippen LogP contribution is -2.33. The van der Waals surface area contributed by atoms with Crippen molar-refractivity contribution < 1.29 is 14.2 Å². The maximum atomic E-state index is 14.1. The molecule has 0 atom stereocenters. The summed E-state index contributed by atoms with van der Waals surface area (Å²) in [6.07, 6.45) is 5.32. The molecule has 1 aliphatic heterocycles. The first kappa shape index (κ1) is 29.5. The average Bonchev–Trinajstić information content (AvgIpc) is 3.46. The fraction of sp³-hybridized carbons (Fsp3) is 0.314. The molecule has 1 saturated heterocycles. The molecule has 4 heterocycles. The van der Waals surface area contributed by atoms with E-state index in [4.69, 9.17) is 24.2 Å². The lowest BCUT2D eigenvalue weighted by atomic mass is 10.1. The molecule has 0 spiro atoms. The topological polar surface area (TPSA) is 108 Å². The van der Waals surface area contributed by atoms with Gasteiger partial charge in [-0.05, 0) is 63.0 Å². The molecule has 3 aromatic heterocycles. The Kier molecular flexibility index (Phi) is 7.91. The number of ether oxygens (including phenoxy) is 3. The van der Waals surface area contributed by atoms with E-state index >= 15 is 0 Å². The second-order valence-corrected chi connectivity index (χ2v) is 11.6. The van der Waals surface area contributed by atoms with Gasteiger partial charge < -0.3 is 19.5 Å². The fourth-order valence-electron chi connectivity index (χ4n) is 6.38. The number of methoxy groups -OCH3 is 2. The SMILES string of the molecule is COc1cc(Nc2ncc3c(=O)n(-c4c(C)cccc4C)c4nc5ccccc5n4c3n2)cc(OC)c1OCCN1CCCCC1. The van der Waals surface area contributed by atoms with Crippen LogP contribution in [0, 0.1) is 13.8 Å². The third-order valence-electron chi connectivity index (χ3n) is 8.64. The summed E-state index contributed by atoms with van der Waals surface area (Å²) >= 11 is 0. The Morgan fingerprint density at radius 1 is 0.891 bits per heavy atom. The van der Waals surface area contributed by atoms with Gasteiger partial charge in [0.15, 0.2) is 17.1 Å². The van der Waals surface area contributed by atoms with Crippen molar-refractivity contribution in [3.63, 3.8) is 0 Å². The Labute approximate surface area is 266 Å². The lowest BCUT2D eigenvalue weighted by molar-refractivity contribution is 0.177. The monoisotopic (exact) mass is 619 g/mol. The van der Waals surface area contributed by atoms with Crippen LogP contribution in [0.15, 0.2) is 65.6 Å². The number of likely N-dealkylation sites (tertiary alicyclic amines) is 1. The quantitative estimate of drug-likeness (QED) is 0.214. The molecule has 6 aromatic rings. The van der Waals surface area contributed by atoms with E-state index in [1.807, 2.05) is 72.8 Å². The smallest absolute Gasteiger partial charge is 0.270 e. The molecule has 11 nitrogen and oxygen atoms in total. The van der Waals surface area contributed by atoms with E-state index in [1.54, 1.807) is 25.0 Å². The number of rotatable bonds is 9. The minimum absolute atomic E-state index is 0.240. The van der Waals surface area contributed by atoms with Gasteiger partial charge in [0, 0.05) is 30.6 Å². The molecule has 46 heavy (non-hydrogen) atoms. The lowest BCUT2D eigenvalue weighted by Gasteiger charge is -2.26. The van der Waals surface area contributed by atoms with Crippen LogP contribution < -0.4 is 25.1 Å². The van der Waals surface area contributed by atoms with Crippen LogP contribution >= 0.6 is 0 Å². The first-order valence-corrected chi connectivity index (χ1v) is 15.6. The first-order chi connectivity index (χ1) is 22.5. The Morgan fingerprint density at radius 2 is 1.61 bits per heavy atom. The van der Waals surface area contributed by atoms with Crippen LogP contribution in [0.4, 0.5) is 11.6 Å². The highest BCUT2D eigenvalue weighted by Crippen LogP contribution is 2.41. The summed E-state index contributed by atoms with van der Waals surface area (Å²) in [6.45, 7) is 7.57. The van der Waals surface area contributed by atoms with Gasteiger partial charge in [0.05, 0.1) is 30.9 Å². The molecular weight excluding hydrogens is 582 g/mol. The van der Waals surface area contributed by atoms with E-state index in [1.165, 1.54) is 19.3 Å². The third kappa shape index (κ3) is 5.26. The highest BCUT2D eigenvalue weighted by atomic mass is 16.5. The molecule has 1 fully saturated rings. The summed E-state index contributed by atoms with van der Waals surface area (Å²) in [5.74, 6) is 2.39. The van der Waals surface area contributed by atoms with Crippen LogP contribution in [0.1, 0.15) is 30.4 Å². The van der Waals surface area contributed by atoms with Crippen LogP contribution in [0.5, 0.6) is 17.2 Å². The number of piperidine rings is 1. The van der Waals surface area contributed by atoms with Gasteiger partial charge in [-0.25, -0.2) is 14.5 Å². The Morgan fingerprint density at radius 3 is 2.33 bits per heavy atom. The number of nitrogens with zero attached hydrogens (tertiary/aromatic N) is 6. The molecule has 3 aromatic carbocycles. The van der Waals surface area contributed by atoms with Gasteiger partial charge in [0.25, 0.3) is 5.56 Å². The second kappa shape index (κ2) is 12.3. The van der Waals surface area contributed by atoms with E-state index < -0.39 is 0 Å². The average molecular weight is 620 g/mol. The van der Waals surface area contributed by atoms with Crippen LogP contribution in [0.25, 0.3) is 33.5 Å². The number of imidazole rings is 1. The maximum Gasteiger partial charge on any atom is 0.270 e. The standard InChI is InChI=1S/C35H37N7O4/c1-22-11-10-12-23(2)30(22)42-33(43)25-21-36-34(39-32(25)41-27-14-7-6-13-26(27)38-35(41)42)37-24-19-28(44-3)31(29(20-24)45-4)46-18-17-40-15-8-5-9-16-40/h6-7,10-14,19-21H,5,8-9,15-18H2,1-4H3,(H,36,37,39). The van der Waals surface area contributed by atoms with Crippen molar-refractivity contribution in [2.24, 2.45) is 0 Å². The number of benzene rings is 3. The van der Waals surface area contributed by atoms with Crippen LogP contribution in [-0.4, -0.2) is 69.3 Å². The first-order valence-electron chi connectivity index (χ1n) is 15.6. The number of hydrogen-bond acceptors (Lipinski definition) is 9. The molecule has 0 radical (unpaired) electrons. The molecule has 236 valence electrons. The van der Waals surface area contributed by atoms with Crippen molar-refractivity contribution in [1.82, 2.24) is 28.8 Å². The summed E-state index contributed by atoms with van der Waals surface area (Å²) in [6, 6.07) is 17.4. The van der Waals surface area contributed by atoms with Gasteiger partial charge in [0.2, 0.25) is 17.5 Å². The zero-order valence-electron chi connectivity index (χ0n) is 26.5. The Balaban J connectivity index is 1.29. The molecule has 11 heteroatoms. The zero-order valence-corrected chi connectivity index (χ0v) is 26.5. The molecular formula is C35H37N7O4. The second-order valence-electron chi connectivity index (χ2n) is 11.6. The van der Waals surface area contributed by atoms with E-state index in [2.05, 4.69) is 15.2 Å². The molecule has 1 aliphatic rings. The molecule has 0 saturated carbocycles. The molecule has 0 aliphatic carbocycles. The fourth-order valence-corrected chi connectivity index (χ4v) is 6.38. The Bertz CT molecular complexity index is 2090. The molecule has 0 unspecified atom stereocenters. The largest absolute Gasteiger partial charge is 0.493 e. The Hall–Kier alpha value is -5.16. The normalized spacial score (nSPS) is 13.8. The summed E-state index contributed by atoms with van der Waals surface area (Å²) < 4.78 is 21.2. The van der Waals surface area contributed by atoms with E-state index in [-0.39, 0.29) is 5.56 Å². The van der Waals surface area contributed by atoms with Crippen molar-refractivity contribution >= 4 is 39.5 Å². The van der Waals surface area contributed by atoms with Gasteiger partial charge in [-0.1, -0.05) is 36.8 Å². The summed E-state index contributed by atoms with van der Waals surface area (Å²) in [7, 11) is 3.20. The number of aromatic nitrogens is 5. The number of anilines is 2. The molecule has 1 N–H and O–H groups in total. The van der Waals surface area contributed by atoms with Gasteiger partial charge in [-0.2, -0.15) is 4.98 Å². The van der Waals surface area contributed by atoms with Crippen LogP contribution in [-0.2, 0) is 0 Å². The van der Waals surface area contributed by atoms with Crippen molar-refractivity contribution in [3.05, 3.63) is 82.3 Å². The zero-order chi connectivity index (χ0) is 31.8. The summed E-state index contributed by atoms with van der Waals surface area (Å²) in [5.41, 5.74) is 5.19. The number of para-hydroxylation sites is 3. The number of nitrogens with one attached hydrogen (secondary N) is 1. The van der Waals surface area contributed by atoms with E-state index in [0.29, 0.717) is 52.3 Å². The highest BCUT2D eigenvalue weighted by Gasteiger charge is 2.21. The number of hydrogen-bond donors (Lipinski definition) is 1. The van der Waals surface area contributed by atoms with Crippen LogP contribution in [0.2, 0.25) is 0 Å². The number of fused-ring (bicyclic) bond motifs is 5. The van der Waals surface area contributed by atoms with Crippen molar-refractivity contribution in [3.8, 4) is 22.9 Å². The third-order valence-corrected chi connectivity index (χ3v) is 8.64. The summed E-state index contributed by atoms with van der Waals surface area (Å²) in [4.78, 5) is 30.9. The minimum Gasteiger partial charge on any atom is -0.493 e. The highest BCUT2D eigenvalue weighted by molar-refractivity contribution is 5.88. The van der Waals surface area contributed by atoms with E-state index in [0.717, 1.165) is 47.5 Å². The molecule has 0 bridgehead atoms. The van der Waals surface area contributed by atoms with Gasteiger partial charge in [-0.15, -0.1) is 0 Å². The van der Waals surface area contributed by atoms with Crippen molar-refractivity contribution in [2.45, 2.75) is 33.1 Å². The van der Waals surface area contributed by atoms with Crippen molar-refractivity contribution in [1.29, 1.82) is 0 Å². The molecule has 0 amide bonds. The molecule has 7 rings (SSSR count). The predicted molar refractivity (Wildman–Crippen MR) is 179 cm³/mol. The maximum absolute atomic E-state index is 14.1. The van der Waals surface area contributed by atoms with Crippen molar-refractivity contribution in [2.75, 3.05) is 45.8 Å². The summed E-state index contributed by atoms with van der Waals surface area (Å²) in [5, 5.41) is 3.65. The van der Waals surface area contributed by atoms with E-state index in [9.17, 15) is 4.79 Å². The van der Waals surface area contributed by atoms with Gasteiger partial charge in [-0.3, -0.25) is 14.1 Å². The van der Waals surface area contributed by atoms with Gasteiger partial charge in [0.1, 0.15) is 12.0 Å². The predicted octanol–water partition coefficient (Wildman–Crippen LogP) is 5.82. The number of aryl methyl sites for hydroxylation is 2. The van der Waals surface area contributed by atoms with Gasteiger partial charge >= 0.3 is 0 Å². The minimum atomic E-state index is -0.240.